The summed E-state index contributed by atoms with van der Waals surface area (Å²) in [5.74, 6) is -0.718. The molecule has 1 heterocycles. The van der Waals surface area contributed by atoms with Crippen molar-refractivity contribution in [3.63, 3.8) is 0 Å². The van der Waals surface area contributed by atoms with Crippen molar-refractivity contribution in [2.45, 2.75) is 236 Å². The number of carbonyl (C=O) groups is 1. The van der Waals surface area contributed by atoms with Crippen molar-refractivity contribution in [3.8, 4) is 0 Å². The van der Waals surface area contributed by atoms with Crippen LogP contribution in [0.3, 0.4) is 0 Å². The number of carbonyl (C=O) groups excluding carboxylic acids is 1. The first-order valence-corrected chi connectivity index (χ1v) is 24.8. The van der Waals surface area contributed by atoms with Crippen LogP contribution in [0, 0.1) is 0 Å². The minimum absolute atomic E-state index is 0.229. The van der Waals surface area contributed by atoms with Crippen molar-refractivity contribution >= 4 is 16.3 Å². The Morgan fingerprint density at radius 1 is 0.667 bits per heavy atom. The van der Waals surface area contributed by atoms with Gasteiger partial charge in [0.05, 0.1) is 25.4 Å². The Bertz CT molecular complexity index is 1230. The van der Waals surface area contributed by atoms with Crippen LogP contribution in [-0.2, 0) is 28.9 Å². The number of nitrogens with one attached hydrogen (secondary N) is 1. The summed E-state index contributed by atoms with van der Waals surface area (Å²) in [6.07, 6.45) is 30.9. The van der Waals surface area contributed by atoms with Crippen LogP contribution in [0.25, 0.3) is 0 Å². The van der Waals surface area contributed by atoms with Gasteiger partial charge in [-0.2, -0.15) is 8.42 Å². The summed E-state index contributed by atoms with van der Waals surface area (Å²) in [6.45, 7) is 3.17. The maximum absolute atomic E-state index is 13.1. The van der Waals surface area contributed by atoms with Gasteiger partial charge in [0.1, 0.15) is 30.5 Å². The van der Waals surface area contributed by atoms with Gasteiger partial charge in [0.15, 0.2) is 6.29 Å². The number of aliphatic hydroxyl groups excluding tert-OH is 5. The summed E-state index contributed by atoms with van der Waals surface area (Å²) in [5.41, 5.74) is 0. The fourth-order valence-corrected chi connectivity index (χ4v) is 7.74. The number of ether oxygens (including phenoxy) is 2. The molecule has 1 aliphatic heterocycles. The third-order valence-electron chi connectivity index (χ3n) is 11.0. The molecule has 1 rings (SSSR count). The average Bonchev–Trinajstić information content (AvgIpc) is 3.22. The zero-order valence-corrected chi connectivity index (χ0v) is 37.9. The molecule has 0 aromatic carbocycles. The van der Waals surface area contributed by atoms with E-state index in [0.717, 1.165) is 64.2 Å². The summed E-state index contributed by atoms with van der Waals surface area (Å²) in [7, 11) is -5.12. The first-order chi connectivity index (χ1) is 28.9. The second kappa shape index (κ2) is 36.7. The normalized spacial score (nSPS) is 21.6. The number of allylic oxidation sites excluding steroid dienone is 5. The summed E-state index contributed by atoms with van der Waals surface area (Å²) in [5, 5.41) is 55.1. The van der Waals surface area contributed by atoms with E-state index in [2.05, 4.69) is 47.7 Å². The van der Waals surface area contributed by atoms with E-state index < -0.39 is 78.5 Å². The topological polar surface area (TPSA) is 212 Å². The molecule has 1 fully saturated rings. The van der Waals surface area contributed by atoms with Crippen LogP contribution in [0.2, 0.25) is 0 Å². The van der Waals surface area contributed by atoms with Crippen molar-refractivity contribution in [2.75, 3.05) is 13.2 Å². The molecule has 1 amide bonds. The van der Waals surface area contributed by atoms with Gasteiger partial charge in [0.25, 0.3) is 0 Å². The van der Waals surface area contributed by atoms with Crippen LogP contribution in [0.4, 0.5) is 0 Å². The van der Waals surface area contributed by atoms with Gasteiger partial charge >= 0.3 is 10.4 Å². The average molecular weight is 876 g/mol. The Kier molecular flexibility index (Phi) is 34.5. The highest BCUT2D eigenvalue weighted by Gasteiger charge is 2.48. The molecule has 8 unspecified atom stereocenters. The quantitative estimate of drug-likeness (QED) is 0.0178. The van der Waals surface area contributed by atoms with Crippen LogP contribution >= 0.6 is 0 Å². The van der Waals surface area contributed by atoms with Crippen LogP contribution < -0.4 is 5.32 Å². The molecule has 0 spiro atoms. The SMILES string of the molecule is CCCCCCCC/C=C/CC/C=C/C(O)C(COC1OC(CO)C(O)C(OS(=O)(=O)O)C1O)NC(=O)C(O)CCCCCCCC/C=C\CCCCCCCCCCC. The third kappa shape index (κ3) is 28.8. The smallest absolute Gasteiger partial charge is 0.394 e. The van der Waals surface area contributed by atoms with Gasteiger partial charge in [-0.1, -0.05) is 166 Å². The molecule has 1 aliphatic rings. The van der Waals surface area contributed by atoms with Crippen LogP contribution in [0.5, 0.6) is 0 Å². The molecule has 0 aromatic rings. The number of hydrogen-bond donors (Lipinski definition) is 7. The highest BCUT2D eigenvalue weighted by molar-refractivity contribution is 7.80. The first kappa shape index (κ1) is 56.3. The van der Waals surface area contributed by atoms with Crippen molar-refractivity contribution in [1.82, 2.24) is 5.32 Å². The van der Waals surface area contributed by atoms with Crippen LogP contribution in [-0.4, -0.2) is 107 Å². The van der Waals surface area contributed by atoms with Crippen molar-refractivity contribution in [1.29, 1.82) is 0 Å². The fraction of sp³-hybridized carbons (Fsp3) is 0.848. The number of aliphatic hydroxyl groups is 5. The lowest BCUT2D eigenvalue weighted by molar-refractivity contribution is -0.298. The molecule has 0 radical (unpaired) electrons. The van der Waals surface area contributed by atoms with E-state index in [0.29, 0.717) is 12.8 Å². The molecule has 0 aromatic heterocycles. The molecule has 0 saturated carbocycles. The van der Waals surface area contributed by atoms with Crippen LogP contribution in [0.1, 0.15) is 187 Å². The Balaban J connectivity index is 2.56. The van der Waals surface area contributed by atoms with E-state index in [1.165, 1.54) is 96.0 Å². The van der Waals surface area contributed by atoms with E-state index in [-0.39, 0.29) is 6.42 Å². The Hall–Kier alpha value is -1.72. The Morgan fingerprint density at radius 2 is 1.12 bits per heavy atom. The standard InChI is InChI=1S/C46H85NO12S/c1-3-5-7-9-11-13-15-17-18-19-20-21-22-23-25-27-29-31-33-35-40(50)45(53)47-38(39(49)34-32-30-28-26-24-16-14-12-10-8-6-4-2)37-57-46-43(52)44(59-60(54,55)56)42(51)41(36-48)58-46/h20-21,24,26,32,34,38-44,46,48-52H,3-19,22-23,25,27-31,33,35-37H2,1-2H3,(H,47,53)(H,54,55,56)/b21-20-,26-24+,34-32+. The fourth-order valence-electron chi connectivity index (χ4n) is 7.24. The van der Waals surface area contributed by atoms with Gasteiger partial charge < -0.3 is 40.3 Å². The van der Waals surface area contributed by atoms with Gasteiger partial charge in [-0.15, -0.1) is 0 Å². The van der Waals surface area contributed by atoms with E-state index in [4.69, 9.17) is 9.47 Å². The van der Waals surface area contributed by atoms with E-state index in [9.17, 15) is 43.3 Å². The summed E-state index contributed by atoms with van der Waals surface area (Å²) in [6, 6.07) is -1.14. The molecular formula is C46H85NO12S. The highest BCUT2D eigenvalue weighted by Crippen LogP contribution is 2.26. The molecule has 1 saturated heterocycles. The molecule has 352 valence electrons. The molecule has 8 atom stereocenters. The molecule has 14 heteroatoms. The summed E-state index contributed by atoms with van der Waals surface area (Å²) < 4.78 is 47.4. The first-order valence-electron chi connectivity index (χ1n) is 23.5. The minimum Gasteiger partial charge on any atom is -0.394 e. The van der Waals surface area contributed by atoms with Gasteiger partial charge in [-0.05, 0) is 57.8 Å². The lowest BCUT2D eigenvalue weighted by Crippen LogP contribution is -2.61. The van der Waals surface area contributed by atoms with Crippen molar-refractivity contribution in [2.24, 2.45) is 0 Å². The Labute approximate surface area is 363 Å². The number of unbranched alkanes of at least 4 members (excludes halogenated alkanes) is 22. The van der Waals surface area contributed by atoms with Crippen molar-refractivity contribution < 1.29 is 57.0 Å². The molecular weight excluding hydrogens is 791 g/mol. The molecule has 60 heavy (non-hydrogen) atoms. The summed E-state index contributed by atoms with van der Waals surface area (Å²) in [4.78, 5) is 13.1. The van der Waals surface area contributed by atoms with Gasteiger partial charge in [0.2, 0.25) is 5.91 Å². The maximum atomic E-state index is 13.1. The second-order valence-electron chi connectivity index (χ2n) is 16.5. The number of amides is 1. The van der Waals surface area contributed by atoms with E-state index >= 15 is 0 Å². The van der Waals surface area contributed by atoms with Crippen LogP contribution in [0.15, 0.2) is 36.5 Å². The largest absolute Gasteiger partial charge is 0.397 e. The number of rotatable bonds is 39. The molecule has 0 bridgehead atoms. The zero-order chi connectivity index (χ0) is 44.3. The molecule has 13 nitrogen and oxygen atoms in total. The monoisotopic (exact) mass is 876 g/mol. The number of hydrogen-bond acceptors (Lipinski definition) is 11. The van der Waals surface area contributed by atoms with Gasteiger partial charge in [0, 0.05) is 0 Å². The predicted octanol–water partition coefficient (Wildman–Crippen LogP) is 8.08. The lowest BCUT2D eigenvalue weighted by Gasteiger charge is -2.41. The predicted molar refractivity (Wildman–Crippen MR) is 238 cm³/mol. The van der Waals surface area contributed by atoms with Gasteiger partial charge in [-0.25, -0.2) is 4.18 Å². The summed E-state index contributed by atoms with van der Waals surface area (Å²) >= 11 is 0. The maximum Gasteiger partial charge on any atom is 0.397 e. The Morgan fingerprint density at radius 3 is 1.60 bits per heavy atom. The molecule has 0 aliphatic carbocycles. The lowest BCUT2D eigenvalue weighted by atomic mass is 9.99. The van der Waals surface area contributed by atoms with E-state index in [1.807, 2.05) is 0 Å². The molecule has 7 N–H and O–H groups in total. The zero-order valence-electron chi connectivity index (χ0n) is 37.1. The highest BCUT2D eigenvalue weighted by atomic mass is 32.3. The van der Waals surface area contributed by atoms with Crippen molar-refractivity contribution in [3.05, 3.63) is 36.5 Å². The second-order valence-corrected chi connectivity index (χ2v) is 17.5. The van der Waals surface area contributed by atoms with E-state index in [1.54, 1.807) is 6.08 Å². The van der Waals surface area contributed by atoms with Gasteiger partial charge in [-0.3, -0.25) is 9.35 Å². The minimum atomic E-state index is -5.12. The third-order valence-corrected chi connectivity index (χ3v) is 11.5.